The molecular weight excluding hydrogens is 344 g/mol. The second-order valence-electron chi connectivity index (χ2n) is 7.50. The van der Waals surface area contributed by atoms with Crippen molar-refractivity contribution in [3.05, 3.63) is 36.2 Å². The average Bonchev–Trinajstić information content (AvgIpc) is 3.09. The van der Waals surface area contributed by atoms with Gasteiger partial charge in [0, 0.05) is 18.7 Å². The van der Waals surface area contributed by atoms with Crippen molar-refractivity contribution in [3.8, 4) is 11.4 Å². The van der Waals surface area contributed by atoms with Gasteiger partial charge >= 0.3 is 0 Å². The molecule has 1 aliphatic heterocycles. The zero-order valence-electron chi connectivity index (χ0n) is 16.4. The highest BCUT2D eigenvalue weighted by atomic mass is 16.5. The molecule has 1 N–H and O–H groups in total. The third kappa shape index (κ3) is 4.93. The Labute approximate surface area is 160 Å². The molecule has 0 radical (unpaired) electrons. The Kier molecular flexibility index (Phi) is 6.23. The van der Waals surface area contributed by atoms with Crippen LogP contribution in [0.1, 0.15) is 33.6 Å². The van der Waals surface area contributed by atoms with E-state index in [1.165, 1.54) is 0 Å². The molecule has 2 aromatic rings. The number of benzene rings is 1. The Hall–Kier alpha value is -2.25. The monoisotopic (exact) mass is 372 g/mol. The first-order valence-corrected chi connectivity index (χ1v) is 9.49. The minimum absolute atomic E-state index is 0.0224. The third-order valence-corrected chi connectivity index (χ3v) is 4.66. The van der Waals surface area contributed by atoms with Crippen molar-refractivity contribution in [2.24, 2.45) is 5.92 Å². The number of amides is 1. The molecule has 3 rings (SSSR count). The quantitative estimate of drug-likeness (QED) is 0.839. The van der Waals surface area contributed by atoms with Crippen molar-refractivity contribution in [1.82, 2.24) is 20.4 Å². The highest BCUT2D eigenvalue weighted by molar-refractivity contribution is 5.82. The van der Waals surface area contributed by atoms with Crippen LogP contribution in [0.5, 0.6) is 0 Å². The van der Waals surface area contributed by atoms with E-state index in [4.69, 9.17) is 9.26 Å². The summed E-state index contributed by atoms with van der Waals surface area (Å²) in [4.78, 5) is 19.4. The van der Waals surface area contributed by atoms with E-state index in [9.17, 15) is 4.79 Å². The number of nitrogens with zero attached hydrogens (tertiary/aromatic N) is 3. The third-order valence-electron chi connectivity index (χ3n) is 4.66. The van der Waals surface area contributed by atoms with Gasteiger partial charge in [0.1, 0.15) is 0 Å². The Morgan fingerprint density at radius 3 is 2.52 bits per heavy atom. The molecule has 3 atom stereocenters. The minimum Gasteiger partial charge on any atom is -0.373 e. The molecule has 1 amide bonds. The van der Waals surface area contributed by atoms with Gasteiger partial charge in [0.2, 0.25) is 17.6 Å². The van der Waals surface area contributed by atoms with Gasteiger partial charge in [-0.3, -0.25) is 9.69 Å². The molecule has 1 aromatic carbocycles. The first kappa shape index (κ1) is 19.5. The molecule has 7 heteroatoms. The van der Waals surface area contributed by atoms with Gasteiger partial charge in [0.15, 0.2) is 0 Å². The van der Waals surface area contributed by atoms with Crippen molar-refractivity contribution in [2.45, 2.75) is 52.5 Å². The molecule has 146 valence electrons. The van der Waals surface area contributed by atoms with Gasteiger partial charge in [-0.15, -0.1) is 0 Å². The van der Waals surface area contributed by atoms with Gasteiger partial charge in [0.05, 0.1) is 24.8 Å². The second kappa shape index (κ2) is 8.63. The summed E-state index contributed by atoms with van der Waals surface area (Å²) in [6.45, 7) is 9.93. The van der Waals surface area contributed by atoms with Crippen LogP contribution in [0.3, 0.4) is 0 Å². The fourth-order valence-corrected chi connectivity index (χ4v) is 3.63. The lowest BCUT2D eigenvalue weighted by Gasteiger charge is -2.40. The molecule has 27 heavy (non-hydrogen) atoms. The topological polar surface area (TPSA) is 80.5 Å². The molecule has 0 unspecified atom stereocenters. The van der Waals surface area contributed by atoms with Crippen LogP contribution in [-0.4, -0.2) is 52.3 Å². The van der Waals surface area contributed by atoms with E-state index < -0.39 is 0 Å². The molecule has 0 bridgehead atoms. The number of morpholine rings is 1. The lowest BCUT2D eigenvalue weighted by Crippen LogP contribution is -2.56. The summed E-state index contributed by atoms with van der Waals surface area (Å²) in [5.41, 5.74) is 0.884. The maximum Gasteiger partial charge on any atom is 0.246 e. The molecular formula is C20H28N4O3. The van der Waals surface area contributed by atoms with Crippen LogP contribution in [0.2, 0.25) is 0 Å². The smallest absolute Gasteiger partial charge is 0.246 e. The van der Waals surface area contributed by atoms with Crippen LogP contribution >= 0.6 is 0 Å². The first-order valence-electron chi connectivity index (χ1n) is 9.49. The number of rotatable bonds is 6. The van der Waals surface area contributed by atoms with Crippen LogP contribution in [0.15, 0.2) is 34.9 Å². The molecule has 7 nitrogen and oxygen atoms in total. The van der Waals surface area contributed by atoms with Crippen LogP contribution in [0.4, 0.5) is 0 Å². The molecule has 1 fully saturated rings. The summed E-state index contributed by atoms with van der Waals surface area (Å²) < 4.78 is 11.1. The van der Waals surface area contributed by atoms with E-state index in [2.05, 4.69) is 34.2 Å². The van der Waals surface area contributed by atoms with E-state index in [0.29, 0.717) is 11.7 Å². The number of carbonyl (C=O) groups excluding carboxylic acids is 1. The van der Waals surface area contributed by atoms with Gasteiger partial charge in [-0.25, -0.2) is 0 Å². The Morgan fingerprint density at radius 1 is 1.22 bits per heavy atom. The summed E-state index contributed by atoms with van der Waals surface area (Å²) in [6.07, 6.45) is 0.236. The standard InChI is InChI=1S/C20H28N4O3/c1-13(2)18(24-11-14(3)26-15(4)12-24)20(25)21-10-17-22-19(23-27-17)16-8-6-5-7-9-16/h5-9,13-15,18H,10-12H2,1-4H3,(H,21,25)/t14-,15-,18+/m1/s1. The Balaban J connectivity index is 1.62. The first-order chi connectivity index (χ1) is 12.9. The summed E-state index contributed by atoms with van der Waals surface area (Å²) in [5, 5.41) is 6.94. The second-order valence-corrected chi connectivity index (χ2v) is 7.50. The fourth-order valence-electron chi connectivity index (χ4n) is 3.63. The predicted molar refractivity (Wildman–Crippen MR) is 102 cm³/mol. The number of hydrogen-bond acceptors (Lipinski definition) is 6. The van der Waals surface area contributed by atoms with E-state index in [1.54, 1.807) is 0 Å². The highest BCUT2D eigenvalue weighted by Crippen LogP contribution is 2.19. The predicted octanol–water partition coefficient (Wildman–Crippen LogP) is 2.49. The van der Waals surface area contributed by atoms with E-state index >= 15 is 0 Å². The number of aromatic nitrogens is 2. The molecule has 1 aliphatic rings. The summed E-state index contributed by atoms with van der Waals surface area (Å²) in [5.74, 6) is 1.08. The van der Waals surface area contributed by atoms with E-state index in [1.807, 2.05) is 44.2 Å². The number of ether oxygens (including phenoxy) is 1. The minimum atomic E-state index is -0.213. The van der Waals surface area contributed by atoms with Gasteiger partial charge in [-0.1, -0.05) is 49.3 Å². The van der Waals surface area contributed by atoms with E-state index in [-0.39, 0.29) is 36.6 Å². The molecule has 1 aromatic heterocycles. The summed E-state index contributed by atoms with van der Waals surface area (Å²) in [7, 11) is 0. The zero-order valence-corrected chi connectivity index (χ0v) is 16.4. The van der Waals surface area contributed by atoms with Gasteiger partial charge in [0.25, 0.3) is 0 Å². The van der Waals surface area contributed by atoms with Crippen molar-refractivity contribution < 1.29 is 14.1 Å². The molecule has 0 aliphatic carbocycles. The number of carbonyl (C=O) groups is 1. The van der Waals surface area contributed by atoms with Gasteiger partial charge in [-0.05, 0) is 19.8 Å². The Bertz CT molecular complexity index is 737. The van der Waals surface area contributed by atoms with Crippen molar-refractivity contribution in [3.63, 3.8) is 0 Å². The number of nitrogens with one attached hydrogen (secondary N) is 1. The molecule has 1 saturated heterocycles. The molecule has 0 saturated carbocycles. The molecule has 0 spiro atoms. The zero-order chi connectivity index (χ0) is 19.4. The average molecular weight is 372 g/mol. The largest absolute Gasteiger partial charge is 0.373 e. The summed E-state index contributed by atoms with van der Waals surface area (Å²) >= 11 is 0. The fraction of sp³-hybridized carbons (Fsp3) is 0.550. The normalized spacial score (nSPS) is 22.0. The van der Waals surface area contributed by atoms with Crippen LogP contribution in [0, 0.1) is 5.92 Å². The summed E-state index contributed by atoms with van der Waals surface area (Å²) in [6, 6.07) is 9.40. The van der Waals surface area contributed by atoms with Crippen molar-refractivity contribution >= 4 is 5.91 Å². The maximum absolute atomic E-state index is 12.9. The SMILES string of the molecule is CC(C)[C@@H](C(=O)NCc1nc(-c2ccccc2)no1)N1C[C@@H](C)O[C@H](C)C1. The van der Waals surface area contributed by atoms with Gasteiger partial charge < -0.3 is 14.6 Å². The van der Waals surface area contributed by atoms with Crippen molar-refractivity contribution in [2.75, 3.05) is 13.1 Å². The molecule has 2 heterocycles. The van der Waals surface area contributed by atoms with Crippen molar-refractivity contribution in [1.29, 1.82) is 0 Å². The maximum atomic E-state index is 12.9. The highest BCUT2D eigenvalue weighted by Gasteiger charge is 2.34. The Morgan fingerprint density at radius 2 is 1.89 bits per heavy atom. The lowest BCUT2D eigenvalue weighted by atomic mass is 9.99. The van der Waals surface area contributed by atoms with E-state index in [0.717, 1.165) is 18.7 Å². The lowest BCUT2D eigenvalue weighted by molar-refractivity contribution is -0.135. The van der Waals surface area contributed by atoms with Gasteiger partial charge in [-0.2, -0.15) is 4.98 Å². The van der Waals surface area contributed by atoms with Crippen LogP contribution < -0.4 is 5.32 Å². The van der Waals surface area contributed by atoms with Crippen LogP contribution in [-0.2, 0) is 16.1 Å². The number of hydrogen-bond donors (Lipinski definition) is 1. The van der Waals surface area contributed by atoms with Crippen LogP contribution in [0.25, 0.3) is 11.4 Å².